The van der Waals surface area contributed by atoms with Crippen molar-refractivity contribution in [3.8, 4) is 44.9 Å². The second-order valence-corrected chi connectivity index (χ2v) is 14.1. The van der Waals surface area contributed by atoms with Crippen LogP contribution >= 0.6 is 0 Å². The molecule has 6 aliphatic rings. The molecular weight excluding hydrogens is 520 g/mol. The Morgan fingerprint density at radius 3 is 2.00 bits per heavy atom. The summed E-state index contributed by atoms with van der Waals surface area (Å²) in [6.07, 6.45) is 7.14. The van der Waals surface area contributed by atoms with Crippen LogP contribution < -0.4 is 4.74 Å². The molecule has 0 radical (unpaired) electrons. The Balaban J connectivity index is 1.17. The lowest BCUT2D eigenvalue weighted by atomic mass is 9.43. The standard InChI is InChI=1S/C42H32O/c1-2-8-27-23-39-35(22-26(27)7-1)33-11-5-10-32-30(15-16-38(43-39)41(32)33)31-12-6-14-37-40(31)34-9-3-4-13-36(34)42(37)28-18-24-17-25(20-28)21-29(42)19-24/h1-16,22-25,28-29H,17-21H2. The number of fused-ring (bicyclic) bond motifs is 6. The van der Waals surface area contributed by atoms with E-state index >= 15 is 0 Å². The van der Waals surface area contributed by atoms with Crippen molar-refractivity contribution in [1.82, 2.24) is 0 Å². The molecule has 206 valence electrons. The molecular formula is C42H32O. The first kappa shape index (κ1) is 23.1. The van der Waals surface area contributed by atoms with Crippen LogP contribution in [-0.2, 0) is 5.41 Å². The Bertz CT molecular complexity index is 2160. The smallest absolute Gasteiger partial charge is 0.135 e. The summed E-state index contributed by atoms with van der Waals surface area (Å²) in [5.41, 5.74) is 11.6. The molecule has 1 spiro atoms. The first-order valence-electron chi connectivity index (χ1n) is 16.3. The number of rotatable bonds is 1. The van der Waals surface area contributed by atoms with Gasteiger partial charge in [-0.15, -0.1) is 0 Å². The van der Waals surface area contributed by atoms with Crippen molar-refractivity contribution in [2.24, 2.45) is 23.7 Å². The third-order valence-corrected chi connectivity index (χ3v) is 12.2. The van der Waals surface area contributed by atoms with Crippen LogP contribution in [-0.4, -0.2) is 0 Å². The minimum absolute atomic E-state index is 0.185. The van der Waals surface area contributed by atoms with Gasteiger partial charge in [-0.25, -0.2) is 0 Å². The molecule has 1 aliphatic heterocycles. The van der Waals surface area contributed by atoms with Crippen LogP contribution in [0.25, 0.3) is 54.9 Å². The molecule has 0 atom stereocenters. The molecule has 6 aromatic carbocycles. The van der Waals surface area contributed by atoms with Crippen LogP contribution in [0.1, 0.15) is 43.2 Å². The lowest BCUT2D eigenvalue weighted by molar-refractivity contribution is -0.0399. The monoisotopic (exact) mass is 552 g/mol. The number of hydrogen-bond acceptors (Lipinski definition) is 1. The fourth-order valence-electron chi connectivity index (χ4n) is 11.0. The molecule has 0 N–H and O–H groups in total. The van der Waals surface area contributed by atoms with Gasteiger partial charge in [0.1, 0.15) is 11.5 Å². The van der Waals surface area contributed by atoms with Crippen LogP contribution in [0.5, 0.6) is 11.5 Å². The van der Waals surface area contributed by atoms with Crippen LogP contribution in [0.15, 0.2) is 109 Å². The van der Waals surface area contributed by atoms with E-state index in [4.69, 9.17) is 4.74 Å². The van der Waals surface area contributed by atoms with E-state index in [1.54, 1.807) is 11.1 Å². The van der Waals surface area contributed by atoms with E-state index in [1.807, 2.05) is 0 Å². The Kier molecular flexibility index (Phi) is 4.29. The summed E-state index contributed by atoms with van der Waals surface area (Å²) in [5, 5.41) is 4.98. The summed E-state index contributed by atoms with van der Waals surface area (Å²) in [7, 11) is 0. The molecule has 0 amide bonds. The van der Waals surface area contributed by atoms with Crippen molar-refractivity contribution in [2.75, 3.05) is 0 Å². The van der Waals surface area contributed by atoms with E-state index in [0.717, 1.165) is 35.2 Å². The first-order valence-corrected chi connectivity index (χ1v) is 16.3. The van der Waals surface area contributed by atoms with Gasteiger partial charge >= 0.3 is 0 Å². The van der Waals surface area contributed by atoms with Gasteiger partial charge in [0.25, 0.3) is 0 Å². The first-order chi connectivity index (χ1) is 21.3. The molecule has 12 rings (SSSR count). The Hall–Kier alpha value is -4.36. The molecule has 0 saturated heterocycles. The summed E-state index contributed by atoms with van der Waals surface area (Å²) < 4.78 is 6.65. The van der Waals surface area contributed by atoms with Gasteiger partial charge in [-0.1, -0.05) is 91.0 Å². The van der Waals surface area contributed by atoms with E-state index in [2.05, 4.69) is 109 Å². The lowest BCUT2D eigenvalue weighted by Crippen LogP contribution is -2.55. The van der Waals surface area contributed by atoms with Gasteiger partial charge in [0, 0.05) is 16.4 Å². The van der Waals surface area contributed by atoms with Crippen molar-refractivity contribution in [3.63, 3.8) is 0 Å². The fourth-order valence-corrected chi connectivity index (χ4v) is 11.0. The highest BCUT2D eigenvalue weighted by molar-refractivity contribution is 6.12. The van der Waals surface area contributed by atoms with Gasteiger partial charge in [0.05, 0.1) is 0 Å². The van der Waals surface area contributed by atoms with Crippen LogP contribution in [0.3, 0.4) is 0 Å². The van der Waals surface area contributed by atoms with Crippen LogP contribution in [0, 0.1) is 23.7 Å². The SMILES string of the molecule is c1ccc2c(c1)-c1c(-c3ccc4c5c(cccc35)-c3cc5ccccc5cc3O4)cccc1C21C2CC3CC(C2)CC1C3. The number of ether oxygens (including phenoxy) is 1. The van der Waals surface area contributed by atoms with Crippen molar-refractivity contribution >= 4 is 21.5 Å². The number of hydrogen-bond donors (Lipinski definition) is 0. The number of benzene rings is 6. The van der Waals surface area contributed by atoms with Crippen LogP contribution in [0.2, 0.25) is 0 Å². The van der Waals surface area contributed by atoms with E-state index in [9.17, 15) is 0 Å². The third-order valence-electron chi connectivity index (χ3n) is 12.2. The fraction of sp³-hybridized carbons (Fsp3) is 0.238. The minimum atomic E-state index is 0.185. The topological polar surface area (TPSA) is 9.23 Å². The highest BCUT2D eigenvalue weighted by Crippen LogP contribution is 2.70. The quantitative estimate of drug-likeness (QED) is 0.197. The largest absolute Gasteiger partial charge is 0.456 e. The summed E-state index contributed by atoms with van der Waals surface area (Å²) in [6.45, 7) is 0. The molecule has 4 bridgehead atoms. The van der Waals surface area contributed by atoms with Crippen molar-refractivity contribution < 1.29 is 4.74 Å². The molecule has 4 saturated carbocycles. The Labute approximate surface area is 252 Å². The molecule has 5 aliphatic carbocycles. The van der Waals surface area contributed by atoms with Gasteiger partial charge in [0.15, 0.2) is 0 Å². The maximum absolute atomic E-state index is 6.65. The normalized spacial score (nSPS) is 26.9. The van der Waals surface area contributed by atoms with E-state index < -0.39 is 0 Å². The summed E-state index contributed by atoms with van der Waals surface area (Å²) in [5.74, 6) is 5.36. The Morgan fingerprint density at radius 1 is 0.488 bits per heavy atom. The molecule has 1 heteroatoms. The van der Waals surface area contributed by atoms with Gasteiger partial charge in [-0.3, -0.25) is 0 Å². The second kappa shape index (κ2) is 7.97. The van der Waals surface area contributed by atoms with Crippen molar-refractivity contribution in [1.29, 1.82) is 0 Å². The van der Waals surface area contributed by atoms with Gasteiger partial charge in [-0.05, 0) is 129 Å². The molecule has 43 heavy (non-hydrogen) atoms. The lowest BCUT2D eigenvalue weighted by Gasteiger charge is -2.61. The molecule has 4 fully saturated rings. The van der Waals surface area contributed by atoms with E-state index in [-0.39, 0.29) is 5.41 Å². The summed E-state index contributed by atoms with van der Waals surface area (Å²) in [6, 6.07) is 41.2. The van der Waals surface area contributed by atoms with Gasteiger partial charge in [-0.2, -0.15) is 0 Å². The maximum atomic E-state index is 6.65. The molecule has 6 aromatic rings. The second-order valence-electron chi connectivity index (χ2n) is 14.1. The Morgan fingerprint density at radius 2 is 1.16 bits per heavy atom. The molecule has 0 unspecified atom stereocenters. The summed E-state index contributed by atoms with van der Waals surface area (Å²) in [4.78, 5) is 0. The van der Waals surface area contributed by atoms with Crippen molar-refractivity contribution in [2.45, 2.75) is 37.5 Å². The van der Waals surface area contributed by atoms with Crippen LogP contribution in [0.4, 0.5) is 0 Å². The predicted octanol–water partition coefficient (Wildman–Crippen LogP) is 11.2. The average molecular weight is 553 g/mol. The molecule has 1 nitrogen and oxygen atoms in total. The third kappa shape index (κ3) is 2.80. The highest BCUT2D eigenvalue weighted by Gasteiger charge is 2.61. The maximum Gasteiger partial charge on any atom is 0.135 e. The minimum Gasteiger partial charge on any atom is -0.456 e. The average Bonchev–Trinajstić information content (AvgIpc) is 3.34. The zero-order valence-electron chi connectivity index (χ0n) is 24.1. The predicted molar refractivity (Wildman–Crippen MR) is 176 cm³/mol. The van der Waals surface area contributed by atoms with Crippen molar-refractivity contribution in [3.05, 3.63) is 120 Å². The zero-order valence-corrected chi connectivity index (χ0v) is 24.1. The highest BCUT2D eigenvalue weighted by atomic mass is 16.5. The van der Waals surface area contributed by atoms with E-state index in [0.29, 0.717) is 0 Å². The molecule has 0 aromatic heterocycles. The summed E-state index contributed by atoms with van der Waals surface area (Å²) >= 11 is 0. The van der Waals surface area contributed by atoms with E-state index in [1.165, 1.54) is 87.0 Å². The van der Waals surface area contributed by atoms with Gasteiger partial charge in [0.2, 0.25) is 0 Å². The zero-order chi connectivity index (χ0) is 27.9. The van der Waals surface area contributed by atoms with Gasteiger partial charge < -0.3 is 4.74 Å². The molecule has 1 heterocycles.